The average Bonchev–Trinajstić information content (AvgIpc) is 2.87. The molecule has 2 N–H and O–H groups in total. The topological polar surface area (TPSA) is 57.8 Å². The van der Waals surface area contributed by atoms with Crippen molar-refractivity contribution in [2.45, 2.75) is 0 Å². The molecule has 21 heavy (non-hydrogen) atoms. The van der Waals surface area contributed by atoms with Gasteiger partial charge in [-0.2, -0.15) is 0 Å². The molecule has 0 saturated heterocycles. The summed E-state index contributed by atoms with van der Waals surface area (Å²) in [5.74, 6) is -0.293. The molecule has 5 heteroatoms. The first kappa shape index (κ1) is 13.1. The lowest BCUT2D eigenvalue weighted by atomic mass is 10.2. The van der Waals surface area contributed by atoms with Crippen molar-refractivity contribution < 1.29 is 9.18 Å². The summed E-state index contributed by atoms with van der Waals surface area (Å²) in [5, 5.41) is 2.63. The van der Waals surface area contributed by atoms with Gasteiger partial charge < -0.3 is 4.98 Å². The van der Waals surface area contributed by atoms with Crippen molar-refractivity contribution in [3.05, 3.63) is 66.0 Å². The Bertz CT molecular complexity index is 790. The fourth-order valence-electron chi connectivity index (χ4n) is 1.95. The fraction of sp³-hybridized carbons (Fsp3) is 0. The summed E-state index contributed by atoms with van der Waals surface area (Å²) < 4.78 is 13.0. The number of nitrogens with one attached hydrogen (secondary N) is 2. The first-order valence-electron chi connectivity index (χ1n) is 6.40. The quantitative estimate of drug-likeness (QED) is 0.723. The highest BCUT2D eigenvalue weighted by molar-refractivity contribution is 6.01. The van der Waals surface area contributed by atoms with E-state index in [1.165, 1.54) is 18.2 Å². The van der Waals surface area contributed by atoms with E-state index in [0.29, 0.717) is 11.5 Å². The van der Waals surface area contributed by atoms with E-state index < -0.39 is 0 Å². The molecule has 0 aliphatic carbocycles. The molecule has 104 valence electrons. The maximum Gasteiger partial charge on any atom is 0.250 e. The molecule has 2 aromatic carbocycles. The molecule has 0 radical (unpaired) electrons. The number of fused-ring (bicyclic) bond motifs is 1. The molecule has 0 atom stereocenters. The minimum absolute atomic E-state index is 0.335. The van der Waals surface area contributed by atoms with Crippen molar-refractivity contribution in [3.63, 3.8) is 0 Å². The number of aromatic nitrogens is 2. The zero-order valence-electron chi connectivity index (χ0n) is 11.0. The van der Waals surface area contributed by atoms with Gasteiger partial charge in [0.05, 0.1) is 11.0 Å². The van der Waals surface area contributed by atoms with Crippen molar-refractivity contribution >= 4 is 29.0 Å². The van der Waals surface area contributed by atoms with Crippen LogP contribution in [0.3, 0.4) is 0 Å². The standard InChI is InChI=1S/C16H12FN3O/c17-12-5-3-4-11(10-12)8-9-15(21)20-16-18-13-6-1-2-7-14(13)19-16/h1-10H,(H2,18,19,20,21)/b9-8+. The number of halogens is 1. The summed E-state index contributed by atoms with van der Waals surface area (Å²) in [6.45, 7) is 0. The van der Waals surface area contributed by atoms with Crippen LogP contribution in [-0.4, -0.2) is 15.9 Å². The number of rotatable bonds is 3. The number of amides is 1. The molecule has 0 bridgehead atoms. The van der Waals surface area contributed by atoms with Crippen molar-refractivity contribution in [1.82, 2.24) is 9.97 Å². The van der Waals surface area contributed by atoms with Crippen LogP contribution < -0.4 is 5.32 Å². The van der Waals surface area contributed by atoms with Crippen molar-refractivity contribution in [2.24, 2.45) is 0 Å². The van der Waals surface area contributed by atoms with Crippen LogP contribution in [0.4, 0.5) is 10.3 Å². The molecule has 4 nitrogen and oxygen atoms in total. The van der Waals surface area contributed by atoms with Crippen LogP contribution in [0.5, 0.6) is 0 Å². The van der Waals surface area contributed by atoms with Crippen LogP contribution in [0.25, 0.3) is 17.1 Å². The van der Waals surface area contributed by atoms with Crippen LogP contribution in [0.1, 0.15) is 5.56 Å². The van der Waals surface area contributed by atoms with Crippen molar-refractivity contribution in [3.8, 4) is 0 Å². The number of nitrogens with zero attached hydrogens (tertiary/aromatic N) is 1. The SMILES string of the molecule is O=C(/C=C/c1cccc(F)c1)Nc1nc2ccccc2[nH]1. The van der Waals surface area contributed by atoms with Gasteiger partial charge in [0.25, 0.3) is 5.91 Å². The van der Waals surface area contributed by atoms with Crippen molar-refractivity contribution in [1.29, 1.82) is 0 Å². The van der Waals surface area contributed by atoms with E-state index in [9.17, 15) is 9.18 Å². The molecule has 0 unspecified atom stereocenters. The molecule has 3 rings (SSSR count). The largest absolute Gasteiger partial charge is 0.324 e. The van der Waals surface area contributed by atoms with Crippen LogP contribution in [0.2, 0.25) is 0 Å². The Morgan fingerprint density at radius 1 is 1.19 bits per heavy atom. The summed E-state index contributed by atoms with van der Waals surface area (Å²) in [6, 6.07) is 13.5. The zero-order chi connectivity index (χ0) is 14.7. The lowest BCUT2D eigenvalue weighted by Crippen LogP contribution is -2.08. The van der Waals surface area contributed by atoms with Gasteiger partial charge in [-0.1, -0.05) is 24.3 Å². The maximum absolute atomic E-state index is 13.0. The lowest BCUT2D eigenvalue weighted by Gasteiger charge is -1.96. The van der Waals surface area contributed by atoms with E-state index in [-0.39, 0.29) is 11.7 Å². The lowest BCUT2D eigenvalue weighted by molar-refractivity contribution is -0.111. The predicted molar refractivity (Wildman–Crippen MR) is 80.2 cm³/mol. The molecule has 1 heterocycles. The monoisotopic (exact) mass is 281 g/mol. The molecule has 0 spiro atoms. The van der Waals surface area contributed by atoms with Crippen LogP contribution in [0, 0.1) is 5.82 Å². The normalized spacial score (nSPS) is 11.1. The van der Waals surface area contributed by atoms with Gasteiger partial charge in [-0.15, -0.1) is 0 Å². The summed E-state index contributed by atoms with van der Waals surface area (Å²) in [7, 11) is 0. The Morgan fingerprint density at radius 3 is 2.86 bits per heavy atom. The zero-order valence-corrected chi connectivity index (χ0v) is 11.0. The van der Waals surface area contributed by atoms with E-state index in [2.05, 4.69) is 15.3 Å². The summed E-state index contributed by atoms with van der Waals surface area (Å²) in [5.41, 5.74) is 2.25. The average molecular weight is 281 g/mol. The number of para-hydroxylation sites is 2. The van der Waals surface area contributed by atoms with Gasteiger partial charge >= 0.3 is 0 Å². The molecule has 1 amide bonds. The molecular weight excluding hydrogens is 269 g/mol. The van der Waals surface area contributed by atoms with Crippen molar-refractivity contribution in [2.75, 3.05) is 5.32 Å². The molecular formula is C16H12FN3O. The number of benzene rings is 2. The van der Waals surface area contributed by atoms with E-state index in [0.717, 1.165) is 11.0 Å². The third-order valence-corrected chi connectivity index (χ3v) is 2.91. The minimum atomic E-state index is -0.338. The first-order valence-corrected chi connectivity index (χ1v) is 6.40. The Kier molecular flexibility index (Phi) is 3.47. The molecule has 0 aliphatic heterocycles. The number of aromatic amines is 1. The Balaban J connectivity index is 1.71. The maximum atomic E-state index is 13.0. The highest BCUT2D eigenvalue weighted by Crippen LogP contribution is 2.13. The molecule has 0 fully saturated rings. The highest BCUT2D eigenvalue weighted by atomic mass is 19.1. The van der Waals surface area contributed by atoms with Gasteiger partial charge in [-0.05, 0) is 35.9 Å². The number of carbonyl (C=O) groups excluding carboxylic acids is 1. The second-order valence-corrected chi connectivity index (χ2v) is 4.48. The number of anilines is 1. The van der Waals surface area contributed by atoms with Gasteiger partial charge in [0, 0.05) is 6.08 Å². The Hall–Kier alpha value is -2.95. The van der Waals surface area contributed by atoms with Gasteiger partial charge in [0.15, 0.2) is 0 Å². The number of carbonyl (C=O) groups is 1. The van der Waals surface area contributed by atoms with E-state index in [1.807, 2.05) is 24.3 Å². The van der Waals surface area contributed by atoms with Gasteiger partial charge in [-0.25, -0.2) is 9.37 Å². The predicted octanol–water partition coefficient (Wildman–Crippen LogP) is 3.35. The summed E-state index contributed by atoms with van der Waals surface area (Å²) >= 11 is 0. The molecule has 1 aromatic heterocycles. The van der Waals surface area contributed by atoms with Crippen LogP contribution in [-0.2, 0) is 4.79 Å². The molecule has 3 aromatic rings. The highest BCUT2D eigenvalue weighted by Gasteiger charge is 2.03. The number of hydrogen-bond donors (Lipinski definition) is 2. The van der Waals surface area contributed by atoms with Crippen LogP contribution >= 0.6 is 0 Å². The second kappa shape index (κ2) is 5.58. The minimum Gasteiger partial charge on any atom is -0.324 e. The Labute approximate surface area is 120 Å². The van der Waals surface area contributed by atoms with E-state index >= 15 is 0 Å². The molecule has 0 saturated carbocycles. The van der Waals surface area contributed by atoms with Gasteiger partial charge in [-0.3, -0.25) is 10.1 Å². The fourth-order valence-corrected chi connectivity index (χ4v) is 1.95. The Morgan fingerprint density at radius 2 is 2.05 bits per heavy atom. The third-order valence-electron chi connectivity index (χ3n) is 2.91. The van der Waals surface area contributed by atoms with Crippen LogP contribution in [0.15, 0.2) is 54.6 Å². The number of H-pyrrole nitrogens is 1. The third kappa shape index (κ3) is 3.14. The number of imidazole rings is 1. The second-order valence-electron chi connectivity index (χ2n) is 4.48. The van der Waals surface area contributed by atoms with E-state index in [4.69, 9.17) is 0 Å². The summed E-state index contributed by atoms with van der Waals surface area (Å²) in [6.07, 6.45) is 2.88. The van der Waals surface area contributed by atoms with Gasteiger partial charge in [0.2, 0.25) is 5.95 Å². The summed E-state index contributed by atoms with van der Waals surface area (Å²) in [4.78, 5) is 19.0. The first-order chi connectivity index (χ1) is 10.2. The number of hydrogen-bond acceptors (Lipinski definition) is 2. The molecule has 0 aliphatic rings. The van der Waals surface area contributed by atoms with E-state index in [1.54, 1.807) is 18.2 Å². The smallest absolute Gasteiger partial charge is 0.250 e. The van der Waals surface area contributed by atoms with Gasteiger partial charge in [0.1, 0.15) is 5.82 Å².